The molecule has 4 aromatic rings. The van der Waals surface area contributed by atoms with Gasteiger partial charge in [-0.15, -0.1) is 11.8 Å². The van der Waals surface area contributed by atoms with E-state index in [2.05, 4.69) is 6.07 Å². The highest BCUT2D eigenvalue weighted by molar-refractivity contribution is 7.98. The van der Waals surface area contributed by atoms with Gasteiger partial charge in [0.15, 0.2) is 0 Å². The van der Waals surface area contributed by atoms with Crippen LogP contribution in [0.4, 0.5) is 0 Å². The molecule has 3 aromatic carbocycles. The van der Waals surface area contributed by atoms with Crippen LogP contribution < -0.4 is 4.74 Å². The zero-order valence-corrected chi connectivity index (χ0v) is 18.5. The largest absolute Gasteiger partial charge is 0.497 e. The Hall–Kier alpha value is -3.26. The third-order valence-corrected chi connectivity index (χ3v) is 6.16. The molecule has 0 amide bonds. The van der Waals surface area contributed by atoms with E-state index in [9.17, 15) is 5.26 Å². The summed E-state index contributed by atoms with van der Waals surface area (Å²) in [5.41, 5.74) is 5.35. The molecule has 0 spiro atoms. The smallest absolute Gasteiger partial charge is 0.118 e. The van der Waals surface area contributed by atoms with Crippen LogP contribution in [0.1, 0.15) is 11.1 Å². The van der Waals surface area contributed by atoms with Crippen LogP contribution in [-0.4, -0.2) is 12.1 Å². The molecule has 1 heterocycles. The van der Waals surface area contributed by atoms with Crippen LogP contribution in [0.5, 0.6) is 5.75 Å². The Balaban J connectivity index is 1.79. The van der Waals surface area contributed by atoms with Crippen LogP contribution in [0.25, 0.3) is 22.4 Å². The predicted molar refractivity (Wildman–Crippen MR) is 127 cm³/mol. The molecule has 0 aliphatic heterocycles. The lowest BCUT2D eigenvalue weighted by Crippen LogP contribution is -1.96. The molecule has 0 bridgehead atoms. The van der Waals surface area contributed by atoms with Crippen molar-refractivity contribution in [1.82, 2.24) is 4.98 Å². The minimum Gasteiger partial charge on any atom is -0.497 e. The summed E-state index contributed by atoms with van der Waals surface area (Å²) in [4.78, 5) is 4.86. The van der Waals surface area contributed by atoms with Crippen molar-refractivity contribution in [1.29, 1.82) is 5.26 Å². The van der Waals surface area contributed by atoms with Crippen LogP contribution in [0, 0.1) is 11.3 Å². The monoisotopic (exact) mass is 442 g/mol. The summed E-state index contributed by atoms with van der Waals surface area (Å²) < 4.78 is 5.28. The summed E-state index contributed by atoms with van der Waals surface area (Å²) >= 11 is 7.56. The second kappa shape index (κ2) is 9.70. The van der Waals surface area contributed by atoms with Crippen molar-refractivity contribution in [2.45, 2.75) is 10.8 Å². The quantitative estimate of drug-likeness (QED) is 0.295. The van der Waals surface area contributed by atoms with Gasteiger partial charge in [-0.25, -0.2) is 4.98 Å². The normalized spacial score (nSPS) is 10.5. The molecular weight excluding hydrogens is 424 g/mol. The fourth-order valence-electron chi connectivity index (χ4n) is 3.22. The summed E-state index contributed by atoms with van der Waals surface area (Å²) in [6.45, 7) is 0. The topological polar surface area (TPSA) is 45.9 Å². The first-order valence-electron chi connectivity index (χ1n) is 9.70. The lowest BCUT2D eigenvalue weighted by molar-refractivity contribution is 0.415. The molecule has 4 rings (SSSR count). The average Bonchev–Trinajstić information content (AvgIpc) is 2.83. The van der Waals surface area contributed by atoms with E-state index in [1.54, 1.807) is 18.9 Å². The summed E-state index contributed by atoms with van der Waals surface area (Å²) in [6, 6.07) is 29.9. The van der Waals surface area contributed by atoms with Crippen molar-refractivity contribution >= 4 is 23.4 Å². The molecule has 1 aromatic heterocycles. The zero-order valence-electron chi connectivity index (χ0n) is 16.9. The standard InChI is InChI=1S/C26H19ClN2OS/c1-30-22-13-9-19(10-14-22)23-15-25(20-5-3-2-4-6-20)29-26(24(23)16-28)31-17-18-7-11-21(27)12-8-18/h2-15H,17H2,1H3. The van der Waals surface area contributed by atoms with Gasteiger partial charge in [0.2, 0.25) is 0 Å². The van der Waals surface area contributed by atoms with Crippen molar-refractivity contribution in [3.8, 4) is 34.2 Å². The van der Waals surface area contributed by atoms with Crippen LogP contribution in [0.2, 0.25) is 5.02 Å². The van der Waals surface area contributed by atoms with E-state index in [0.717, 1.165) is 33.7 Å². The van der Waals surface area contributed by atoms with Gasteiger partial charge in [0, 0.05) is 21.9 Å². The highest BCUT2D eigenvalue weighted by Gasteiger charge is 2.16. The molecule has 0 aliphatic rings. The molecule has 0 saturated heterocycles. The third-order valence-electron chi connectivity index (χ3n) is 4.86. The van der Waals surface area contributed by atoms with Gasteiger partial charge in [-0.05, 0) is 41.5 Å². The molecule has 5 heteroatoms. The van der Waals surface area contributed by atoms with E-state index >= 15 is 0 Å². The molecule has 0 unspecified atom stereocenters. The number of rotatable bonds is 6. The van der Waals surface area contributed by atoms with Gasteiger partial charge in [0.1, 0.15) is 16.8 Å². The van der Waals surface area contributed by atoms with E-state index in [4.69, 9.17) is 21.3 Å². The Labute approximate surface area is 191 Å². The highest BCUT2D eigenvalue weighted by atomic mass is 35.5. The van der Waals surface area contributed by atoms with Crippen molar-refractivity contribution < 1.29 is 4.74 Å². The van der Waals surface area contributed by atoms with Gasteiger partial charge in [0.25, 0.3) is 0 Å². The van der Waals surface area contributed by atoms with Crippen molar-refractivity contribution in [2.24, 2.45) is 0 Å². The number of nitrogens with zero attached hydrogens (tertiary/aromatic N) is 2. The summed E-state index contributed by atoms with van der Waals surface area (Å²) in [6.07, 6.45) is 0. The van der Waals surface area contributed by atoms with Crippen LogP contribution in [0.3, 0.4) is 0 Å². The number of hydrogen-bond donors (Lipinski definition) is 0. The Morgan fingerprint density at radius 3 is 2.29 bits per heavy atom. The number of pyridine rings is 1. The minimum atomic E-state index is 0.573. The summed E-state index contributed by atoms with van der Waals surface area (Å²) in [7, 11) is 1.64. The predicted octanol–water partition coefficient (Wildman–Crippen LogP) is 7.24. The Morgan fingerprint density at radius 2 is 1.65 bits per heavy atom. The van der Waals surface area contributed by atoms with Gasteiger partial charge < -0.3 is 4.74 Å². The minimum absolute atomic E-state index is 0.573. The number of benzene rings is 3. The zero-order chi connectivity index (χ0) is 21.6. The molecule has 0 aliphatic carbocycles. The number of halogens is 1. The maximum absolute atomic E-state index is 10.0. The second-order valence-corrected chi connectivity index (χ2v) is 8.26. The van der Waals surface area contributed by atoms with Gasteiger partial charge in [0.05, 0.1) is 18.4 Å². The van der Waals surface area contributed by atoms with Crippen molar-refractivity contribution in [3.63, 3.8) is 0 Å². The van der Waals surface area contributed by atoms with E-state index < -0.39 is 0 Å². The first-order chi connectivity index (χ1) is 15.2. The SMILES string of the molecule is COc1ccc(-c2cc(-c3ccccc3)nc(SCc3ccc(Cl)cc3)c2C#N)cc1. The van der Waals surface area contributed by atoms with Gasteiger partial charge in [-0.2, -0.15) is 5.26 Å². The first kappa shape index (κ1) is 21.0. The fraction of sp³-hybridized carbons (Fsp3) is 0.0769. The Morgan fingerprint density at radius 1 is 0.935 bits per heavy atom. The molecular formula is C26H19ClN2OS. The van der Waals surface area contributed by atoms with E-state index in [-0.39, 0.29) is 0 Å². The van der Waals surface area contributed by atoms with Crippen LogP contribution in [-0.2, 0) is 5.75 Å². The fourth-order valence-corrected chi connectivity index (χ4v) is 4.31. The maximum atomic E-state index is 10.0. The maximum Gasteiger partial charge on any atom is 0.118 e. The molecule has 152 valence electrons. The van der Waals surface area contributed by atoms with Gasteiger partial charge >= 0.3 is 0 Å². The van der Waals surface area contributed by atoms with Crippen LogP contribution in [0.15, 0.2) is 90.0 Å². The highest BCUT2D eigenvalue weighted by Crippen LogP contribution is 2.36. The number of methoxy groups -OCH3 is 1. The molecule has 0 radical (unpaired) electrons. The number of ether oxygens (including phenoxy) is 1. The van der Waals surface area contributed by atoms with E-state index in [1.165, 1.54) is 0 Å². The third kappa shape index (κ3) is 4.91. The molecule has 31 heavy (non-hydrogen) atoms. The molecule has 0 atom stereocenters. The lowest BCUT2D eigenvalue weighted by Gasteiger charge is -2.13. The van der Waals surface area contributed by atoms with Crippen molar-refractivity contribution in [3.05, 3.63) is 101 Å². The number of hydrogen-bond acceptors (Lipinski definition) is 4. The molecule has 3 nitrogen and oxygen atoms in total. The number of nitriles is 1. The molecule has 0 saturated carbocycles. The number of thioether (sulfide) groups is 1. The van der Waals surface area contributed by atoms with Gasteiger partial charge in [-0.1, -0.05) is 66.2 Å². The summed E-state index contributed by atoms with van der Waals surface area (Å²) in [5, 5.41) is 11.4. The van der Waals surface area contributed by atoms with Gasteiger partial charge in [-0.3, -0.25) is 0 Å². The molecule has 0 fully saturated rings. The Bertz CT molecular complexity index is 1220. The van der Waals surface area contributed by atoms with E-state index in [1.807, 2.05) is 84.9 Å². The van der Waals surface area contributed by atoms with Crippen LogP contribution >= 0.6 is 23.4 Å². The van der Waals surface area contributed by atoms with Crippen molar-refractivity contribution in [2.75, 3.05) is 7.11 Å². The second-order valence-electron chi connectivity index (χ2n) is 6.86. The molecule has 0 N–H and O–H groups in total. The van der Waals surface area contributed by atoms with E-state index in [0.29, 0.717) is 21.4 Å². The first-order valence-corrected chi connectivity index (χ1v) is 11.1. The average molecular weight is 443 g/mol. The lowest BCUT2D eigenvalue weighted by atomic mass is 9.99. The number of aromatic nitrogens is 1. The Kier molecular flexibility index (Phi) is 6.57. The summed E-state index contributed by atoms with van der Waals surface area (Å²) in [5.74, 6) is 1.47.